The summed E-state index contributed by atoms with van der Waals surface area (Å²) >= 11 is 7.57. The first-order chi connectivity index (χ1) is 6.67. The van der Waals surface area contributed by atoms with Crippen molar-refractivity contribution in [1.29, 1.82) is 0 Å². The van der Waals surface area contributed by atoms with E-state index in [0.29, 0.717) is 0 Å². The van der Waals surface area contributed by atoms with E-state index < -0.39 is 0 Å². The number of hydrogen-bond acceptors (Lipinski definition) is 3. The number of thiazole rings is 1. The van der Waals surface area contributed by atoms with Crippen LogP contribution in [0, 0.1) is 0 Å². The van der Waals surface area contributed by atoms with Crippen LogP contribution in [-0.2, 0) is 5.54 Å². The molecular formula is C10H9ClN2S. The minimum atomic E-state index is -0.129. The maximum atomic E-state index is 6.08. The van der Waals surface area contributed by atoms with Gasteiger partial charge in [-0.25, -0.2) is 4.98 Å². The average molecular weight is 225 g/mol. The van der Waals surface area contributed by atoms with Gasteiger partial charge in [0.15, 0.2) is 0 Å². The van der Waals surface area contributed by atoms with Gasteiger partial charge < -0.3 is 5.73 Å². The molecule has 1 heterocycles. The SMILES string of the molecule is NC1(c2nc3cc(Cl)ccc3s2)CC1. The molecular weight excluding hydrogens is 216 g/mol. The lowest BCUT2D eigenvalue weighted by Crippen LogP contribution is -2.17. The van der Waals surface area contributed by atoms with Crippen molar-refractivity contribution in [1.82, 2.24) is 4.98 Å². The smallest absolute Gasteiger partial charge is 0.114 e. The van der Waals surface area contributed by atoms with Crippen molar-refractivity contribution in [3.8, 4) is 0 Å². The Hall–Kier alpha value is -0.640. The molecule has 1 saturated carbocycles. The maximum absolute atomic E-state index is 6.08. The molecule has 0 bridgehead atoms. The predicted octanol–water partition coefficient (Wildman–Crippen LogP) is 2.90. The second-order valence-electron chi connectivity index (χ2n) is 3.79. The van der Waals surface area contributed by atoms with Crippen LogP contribution >= 0.6 is 22.9 Å². The van der Waals surface area contributed by atoms with Crippen LogP contribution in [-0.4, -0.2) is 4.98 Å². The summed E-state index contributed by atoms with van der Waals surface area (Å²) in [5, 5.41) is 1.78. The third-order valence-corrected chi connectivity index (χ3v) is 4.06. The van der Waals surface area contributed by atoms with Gasteiger partial charge in [-0.15, -0.1) is 11.3 Å². The highest BCUT2D eigenvalue weighted by Gasteiger charge is 2.42. The highest BCUT2D eigenvalue weighted by molar-refractivity contribution is 7.18. The van der Waals surface area contributed by atoms with Gasteiger partial charge in [-0.05, 0) is 31.0 Å². The van der Waals surface area contributed by atoms with Crippen molar-refractivity contribution in [3.63, 3.8) is 0 Å². The quantitative estimate of drug-likeness (QED) is 0.809. The largest absolute Gasteiger partial charge is 0.319 e. The molecule has 0 spiro atoms. The predicted molar refractivity (Wildman–Crippen MR) is 59.7 cm³/mol. The molecule has 0 atom stereocenters. The minimum absolute atomic E-state index is 0.129. The highest BCUT2D eigenvalue weighted by atomic mass is 35.5. The molecule has 0 radical (unpaired) electrons. The lowest BCUT2D eigenvalue weighted by molar-refractivity contribution is 0.734. The normalized spacial score (nSPS) is 18.7. The second kappa shape index (κ2) is 2.69. The summed E-state index contributed by atoms with van der Waals surface area (Å²) < 4.78 is 1.17. The molecule has 0 unspecified atom stereocenters. The number of rotatable bonds is 1. The Morgan fingerprint density at radius 1 is 1.43 bits per heavy atom. The third kappa shape index (κ3) is 1.24. The Bertz CT molecular complexity index is 502. The van der Waals surface area contributed by atoms with E-state index in [1.165, 1.54) is 4.70 Å². The molecule has 1 aromatic heterocycles. The molecule has 1 aliphatic carbocycles. The van der Waals surface area contributed by atoms with Crippen molar-refractivity contribution < 1.29 is 0 Å². The molecule has 1 aromatic carbocycles. The van der Waals surface area contributed by atoms with Crippen LogP contribution in [0.4, 0.5) is 0 Å². The third-order valence-electron chi connectivity index (χ3n) is 2.56. The van der Waals surface area contributed by atoms with Gasteiger partial charge in [0.1, 0.15) is 5.01 Å². The Morgan fingerprint density at radius 3 is 2.93 bits per heavy atom. The Balaban J connectivity index is 2.20. The van der Waals surface area contributed by atoms with Crippen molar-refractivity contribution in [2.45, 2.75) is 18.4 Å². The number of halogens is 1. The summed E-state index contributed by atoms with van der Waals surface area (Å²) in [6.07, 6.45) is 2.11. The molecule has 0 aliphatic heterocycles. The first kappa shape index (κ1) is 8.65. The molecule has 2 aromatic rings. The monoisotopic (exact) mass is 224 g/mol. The van der Waals surface area contributed by atoms with Crippen LogP contribution in [0.25, 0.3) is 10.2 Å². The molecule has 2 nitrogen and oxygen atoms in total. The van der Waals surface area contributed by atoms with Crippen LogP contribution in [0.3, 0.4) is 0 Å². The van der Waals surface area contributed by atoms with E-state index in [-0.39, 0.29) is 5.54 Å². The summed E-state index contributed by atoms with van der Waals surface area (Å²) in [6, 6.07) is 5.79. The fraction of sp³-hybridized carbons (Fsp3) is 0.300. The summed E-state index contributed by atoms with van der Waals surface area (Å²) in [5.41, 5.74) is 6.92. The molecule has 4 heteroatoms. The van der Waals surface area contributed by atoms with E-state index in [9.17, 15) is 0 Å². The Morgan fingerprint density at radius 2 is 2.21 bits per heavy atom. The van der Waals surface area contributed by atoms with E-state index in [1.807, 2.05) is 18.2 Å². The molecule has 1 fully saturated rings. The first-order valence-corrected chi connectivity index (χ1v) is 5.72. The van der Waals surface area contributed by atoms with E-state index >= 15 is 0 Å². The number of aromatic nitrogens is 1. The average Bonchev–Trinajstić information content (AvgIpc) is 2.77. The minimum Gasteiger partial charge on any atom is -0.319 e. The standard InChI is InChI=1S/C10H9ClN2S/c11-6-1-2-8-7(5-6)13-9(14-8)10(12)3-4-10/h1-2,5H,3-4,12H2. The van der Waals surface area contributed by atoms with Crippen molar-refractivity contribution >= 4 is 33.2 Å². The molecule has 0 amide bonds. The highest BCUT2D eigenvalue weighted by Crippen LogP contribution is 2.45. The van der Waals surface area contributed by atoms with Crippen molar-refractivity contribution in [3.05, 3.63) is 28.2 Å². The van der Waals surface area contributed by atoms with Gasteiger partial charge >= 0.3 is 0 Å². The number of nitrogens with zero attached hydrogens (tertiary/aromatic N) is 1. The molecule has 14 heavy (non-hydrogen) atoms. The van der Waals surface area contributed by atoms with Crippen LogP contribution in [0.5, 0.6) is 0 Å². The molecule has 3 rings (SSSR count). The summed E-state index contributed by atoms with van der Waals surface area (Å²) in [7, 11) is 0. The number of benzene rings is 1. The van der Waals surface area contributed by atoms with Crippen LogP contribution in [0.2, 0.25) is 5.02 Å². The van der Waals surface area contributed by atoms with E-state index in [2.05, 4.69) is 4.98 Å². The number of hydrogen-bond donors (Lipinski definition) is 1. The zero-order valence-electron chi connectivity index (χ0n) is 7.46. The zero-order chi connectivity index (χ0) is 9.76. The van der Waals surface area contributed by atoms with Gasteiger partial charge in [-0.3, -0.25) is 0 Å². The summed E-state index contributed by atoms with van der Waals surface area (Å²) in [6.45, 7) is 0. The van der Waals surface area contributed by atoms with Gasteiger partial charge in [0.25, 0.3) is 0 Å². The zero-order valence-corrected chi connectivity index (χ0v) is 9.03. The fourth-order valence-corrected chi connectivity index (χ4v) is 2.73. The van der Waals surface area contributed by atoms with Gasteiger partial charge in [0.2, 0.25) is 0 Å². The van der Waals surface area contributed by atoms with Crippen molar-refractivity contribution in [2.75, 3.05) is 0 Å². The molecule has 1 aliphatic rings. The van der Waals surface area contributed by atoms with E-state index in [0.717, 1.165) is 28.4 Å². The number of fused-ring (bicyclic) bond motifs is 1. The number of nitrogens with two attached hydrogens (primary N) is 1. The second-order valence-corrected chi connectivity index (χ2v) is 5.25. The fourth-order valence-electron chi connectivity index (χ4n) is 1.46. The van der Waals surface area contributed by atoms with Crippen LogP contribution in [0.1, 0.15) is 17.8 Å². The lowest BCUT2D eigenvalue weighted by atomic mass is 10.3. The maximum Gasteiger partial charge on any atom is 0.114 e. The lowest BCUT2D eigenvalue weighted by Gasteiger charge is -2.00. The molecule has 72 valence electrons. The van der Waals surface area contributed by atoms with Gasteiger partial charge in [0, 0.05) is 5.02 Å². The van der Waals surface area contributed by atoms with Crippen LogP contribution in [0.15, 0.2) is 18.2 Å². The van der Waals surface area contributed by atoms with E-state index in [4.69, 9.17) is 17.3 Å². The Labute approximate surface area is 90.7 Å². The molecule has 2 N–H and O–H groups in total. The summed E-state index contributed by atoms with van der Waals surface area (Å²) in [5.74, 6) is 0. The molecule has 0 saturated heterocycles. The Kier molecular flexibility index (Phi) is 1.66. The van der Waals surface area contributed by atoms with Gasteiger partial charge in [-0.1, -0.05) is 11.6 Å². The van der Waals surface area contributed by atoms with E-state index in [1.54, 1.807) is 11.3 Å². The topological polar surface area (TPSA) is 38.9 Å². The van der Waals surface area contributed by atoms with Gasteiger partial charge in [0.05, 0.1) is 15.8 Å². The van der Waals surface area contributed by atoms with Crippen LogP contribution < -0.4 is 5.73 Å². The van der Waals surface area contributed by atoms with Crippen molar-refractivity contribution in [2.24, 2.45) is 5.73 Å². The summed E-state index contributed by atoms with van der Waals surface area (Å²) in [4.78, 5) is 4.52. The first-order valence-electron chi connectivity index (χ1n) is 4.53. The van der Waals surface area contributed by atoms with Gasteiger partial charge in [-0.2, -0.15) is 0 Å².